The number of fused-ring (bicyclic) bond motifs is 2. The minimum absolute atomic E-state index is 0.0902. The number of anilines is 1. The van der Waals surface area contributed by atoms with Crippen LogP contribution < -0.4 is 10.3 Å². The minimum atomic E-state index is -0.343. The summed E-state index contributed by atoms with van der Waals surface area (Å²) in [5, 5.41) is 1.17. The average Bonchev–Trinajstić information content (AvgIpc) is 2.87. The predicted octanol–water partition coefficient (Wildman–Crippen LogP) is 4.48. The molecular formula is C27H26N2O4S. The Morgan fingerprint density at radius 1 is 0.824 bits per heavy atom. The number of benzene rings is 2. The lowest BCUT2D eigenvalue weighted by atomic mass is 10.1. The molecule has 34 heavy (non-hydrogen) atoms. The molecular weight excluding hydrogens is 448 g/mol. The van der Waals surface area contributed by atoms with Gasteiger partial charge in [0.15, 0.2) is 11.2 Å². The Morgan fingerprint density at radius 2 is 1.53 bits per heavy atom. The van der Waals surface area contributed by atoms with E-state index in [1.165, 1.54) is 34.5 Å². The number of rotatable bonds is 11. The van der Waals surface area contributed by atoms with Gasteiger partial charge in [0, 0.05) is 51.9 Å². The lowest BCUT2D eigenvalue weighted by Crippen LogP contribution is -2.40. The lowest BCUT2D eigenvalue weighted by Gasteiger charge is -2.27. The van der Waals surface area contributed by atoms with Crippen molar-refractivity contribution in [2.24, 2.45) is 0 Å². The highest BCUT2D eigenvalue weighted by Crippen LogP contribution is 2.28. The van der Waals surface area contributed by atoms with E-state index in [1.807, 2.05) is 24.3 Å². The van der Waals surface area contributed by atoms with Crippen LogP contribution in [0.1, 0.15) is 12.8 Å². The Labute approximate surface area is 202 Å². The second-order valence-electron chi connectivity index (χ2n) is 7.61. The number of carbonyl (C=O) groups is 3. The first-order valence-electron chi connectivity index (χ1n) is 10.9. The summed E-state index contributed by atoms with van der Waals surface area (Å²) in [5.74, 6) is -0.720. The van der Waals surface area contributed by atoms with Gasteiger partial charge in [-0.1, -0.05) is 31.9 Å². The molecule has 0 N–H and O–H groups in total. The van der Waals surface area contributed by atoms with Crippen LogP contribution in [-0.4, -0.2) is 42.1 Å². The maximum Gasteiger partial charge on any atom is 0.250 e. The van der Waals surface area contributed by atoms with E-state index in [-0.39, 0.29) is 42.5 Å². The second kappa shape index (κ2) is 11.3. The highest BCUT2D eigenvalue weighted by atomic mass is 32.1. The van der Waals surface area contributed by atoms with Crippen molar-refractivity contribution in [1.29, 1.82) is 0 Å². The maximum absolute atomic E-state index is 13.1. The molecule has 0 aliphatic carbocycles. The number of nitrogens with zero attached hydrogens (tertiary/aromatic N) is 2. The summed E-state index contributed by atoms with van der Waals surface area (Å²) >= 11 is 1.52. The first-order chi connectivity index (χ1) is 16.4. The van der Waals surface area contributed by atoms with Crippen LogP contribution in [0, 0.1) is 0 Å². The fourth-order valence-electron chi connectivity index (χ4n) is 3.66. The Morgan fingerprint density at radius 3 is 2.24 bits per heavy atom. The van der Waals surface area contributed by atoms with Crippen LogP contribution >= 0.6 is 11.3 Å². The van der Waals surface area contributed by atoms with Crippen LogP contribution in [0.15, 0.2) is 85.2 Å². The summed E-state index contributed by atoms with van der Waals surface area (Å²) in [6.45, 7) is 11.4. The molecule has 0 spiro atoms. The predicted molar refractivity (Wildman–Crippen MR) is 139 cm³/mol. The van der Waals surface area contributed by atoms with Crippen molar-refractivity contribution in [2.75, 3.05) is 24.5 Å². The van der Waals surface area contributed by atoms with Crippen molar-refractivity contribution in [2.45, 2.75) is 12.8 Å². The summed E-state index contributed by atoms with van der Waals surface area (Å²) < 4.78 is 1.73. The zero-order valence-corrected chi connectivity index (χ0v) is 19.7. The zero-order chi connectivity index (χ0) is 24.7. The first-order valence-corrected chi connectivity index (χ1v) is 11.7. The van der Waals surface area contributed by atoms with E-state index >= 15 is 0 Å². The van der Waals surface area contributed by atoms with Crippen molar-refractivity contribution in [3.8, 4) is 0 Å². The summed E-state index contributed by atoms with van der Waals surface area (Å²) in [7, 11) is 0. The molecule has 0 radical (unpaired) electrons. The number of allylic oxidation sites excluding steroid dienone is 1. The van der Waals surface area contributed by atoms with Gasteiger partial charge in [-0.3, -0.25) is 19.2 Å². The number of carbonyl (C=O) groups excluding carboxylic acids is 3. The van der Waals surface area contributed by atoms with E-state index in [0.717, 1.165) is 9.40 Å². The van der Waals surface area contributed by atoms with Gasteiger partial charge in [0.1, 0.15) is 0 Å². The molecule has 3 rings (SSSR count). The minimum Gasteiger partial charge on any atom is -0.337 e. The van der Waals surface area contributed by atoms with E-state index in [9.17, 15) is 19.2 Å². The molecule has 7 heteroatoms. The molecule has 0 unspecified atom stereocenters. The molecule has 174 valence electrons. The Kier molecular flexibility index (Phi) is 8.27. The molecule has 6 nitrogen and oxygen atoms in total. The molecule has 1 heterocycles. The van der Waals surface area contributed by atoms with Crippen LogP contribution in [0.25, 0.3) is 20.2 Å². The number of hydrogen-bond donors (Lipinski definition) is 0. The second-order valence-corrected chi connectivity index (χ2v) is 8.69. The summed E-state index contributed by atoms with van der Waals surface area (Å²) in [5.41, 5.74) is 0.456. The molecule has 0 fully saturated rings. The fraction of sp³-hybridized carbons (Fsp3) is 0.185. The van der Waals surface area contributed by atoms with Crippen LogP contribution in [0.3, 0.4) is 0 Å². The molecule has 0 saturated heterocycles. The van der Waals surface area contributed by atoms with Gasteiger partial charge in [-0.25, -0.2) is 0 Å². The van der Waals surface area contributed by atoms with Gasteiger partial charge >= 0.3 is 0 Å². The van der Waals surface area contributed by atoms with Gasteiger partial charge in [0.05, 0.1) is 0 Å². The molecule has 0 bridgehead atoms. The zero-order valence-electron chi connectivity index (χ0n) is 18.9. The van der Waals surface area contributed by atoms with Gasteiger partial charge in [-0.05, 0) is 55.0 Å². The standard InChI is InChI=1S/C27H26N2O4S/c1-4-20(30)10-9-15-28(25(31)5-2)16-17-29(26(32)6-3)19-13-14-24-22(18-19)27(33)21-11-7-8-12-23(21)34-24/h4-8,11-14,18H,1-3,9-10,15-17H2. The van der Waals surface area contributed by atoms with Crippen molar-refractivity contribution in [1.82, 2.24) is 4.90 Å². The number of amides is 2. The van der Waals surface area contributed by atoms with Crippen LogP contribution in [-0.2, 0) is 14.4 Å². The highest BCUT2D eigenvalue weighted by Gasteiger charge is 2.18. The van der Waals surface area contributed by atoms with Crippen LogP contribution in [0.5, 0.6) is 0 Å². The molecule has 0 aliphatic heterocycles. The molecule has 0 aliphatic rings. The Balaban J connectivity index is 1.89. The smallest absolute Gasteiger partial charge is 0.250 e. The maximum atomic E-state index is 13.1. The summed E-state index contributed by atoms with van der Waals surface area (Å²) in [4.78, 5) is 52.6. The molecule has 2 aromatic carbocycles. The number of hydrogen-bond acceptors (Lipinski definition) is 5. The third-order valence-electron chi connectivity index (χ3n) is 5.47. The number of ketones is 1. The lowest BCUT2D eigenvalue weighted by molar-refractivity contribution is -0.126. The van der Waals surface area contributed by atoms with Gasteiger partial charge in [0.2, 0.25) is 11.8 Å². The van der Waals surface area contributed by atoms with Crippen molar-refractivity contribution in [3.63, 3.8) is 0 Å². The first kappa shape index (κ1) is 24.8. The molecule has 1 aromatic heterocycles. The summed E-state index contributed by atoms with van der Waals surface area (Å²) in [6.07, 6.45) is 4.43. The van der Waals surface area contributed by atoms with Crippen molar-refractivity contribution in [3.05, 3.63) is 90.7 Å². The third-order valence-corrected chi connectivity index (χ3v) is 6.62. The van der Waals surface area contributed by atoms with E-state index < -0.39 is 0 Å². The Hall–Kier alpha value is -3.84. The topological polar surface area (TPSA) is 74.8 Å². The third kappa shape index (κ3) is 5.55. The monoisotopic (exact) mass is 474 g/mol. The molecule has 0 atom stereocenters. The van der Waals surface area contributed by atoms with Crippen LogP contribution in [0.4, 0.5) is 5.69 Å². The quantitative estimate of drug-likeness (QED) is 0.303. The highest BCUT2D eigenvalue weighted by molar-refractivity contribution is 7.24. The fourth-order valence-corrected chi connectivity index (χ4v) is 4.72. The molecule has 2 amide bonds. The molecule has 3 aromatic rings. The summed E-state index contributed by atoms with van der Waals surface area (Å²) in [6, 6.07) is 12.8. The normalized spacial score (nSPS) is 10.6. The van der Waals surface area contributed by atoms with E-state index in [1.54, 1.807) is 23.1 Å². The average molecular weight is 475 g/mol. The van der Waals surface area contributed by atoms with Crippen molar-refractivity contribution < 1.29 is 14.4 Å². The van der Waals surface area contributed by atoms with E-state index in [0.29, 0.717) is 29.4 Å². The largest absolute Gasteiger partial charge is 0.337 e. The van der Waals surface area contributed by atoms with Crippen molar-refractivity contribution >= 4 is 54.8 Å². The van der Waals surface area contributed by atoms with Gasteiger partial charge in [0.25, 0.3) is 0 Å². The van der Waals surface area contributed by atoms with Gasteiger partial charge < -0.3 is 9.80 Å². The Bertz CT molecular complexity index is 1340. The van der Waals surface area contributed by atoms with Gasteiger partial charge in [-0.2, -0.15) is 0 Å². The SMILES string of the molecule is C=CC(=O)CCCN(CCN(C(=O)C=C)c1ccc2sc3ccccc3c(=O)c2c1)C(=O)C=C. The van der Waals surface area contributed by atoms with Crippen LogP contribution in [0.2, 0.25) is 0 Å². The molecule has 0 saturated carbocycles. The van der Waals surface area contributed by atoms with Gasteiger partial charge in [-0.15, -0.1) is 11.3 Å². The van der Waals surface area contributed by atoms with E-state index in [4.69, 9.17) is 0 Å². The van der Waals surface area contributed by atoms with E-state index in [2.05, 4.69) is 19.7 Å².